The largest absolute Gasteiger partial charge is 0.490 e. The Labute approximate surface area is 276 Å². The van der Waals surface area contributed by atoms with E-state index in [-0.39, 0.29) is 11.2 Å². The fraction of sp³-hybridized carbons (Fsp3) is 0.273. The van der Waals surface area contributed by atoms with E-state index in [2.05, 4.69) is 71.7 Å². The van der Waals surface area contributed by atoms with E-state index in [0.717, 1.165) is 39.6 Å². The molecular weight excluding hydrogens is 647 g/mol. The van der Waals surface area contributed by atoms with Crippen LogP contribution in [0.25, 0.3) is 11.0 Å². The Morgan fingerprint density at radius 3 is 2.06 bits per heavy atom. The topological polar surface area (TPSA) is 142 Å². The fourth-order valence-corrected chi connectivity index (χ4v) is 5.33. The smallest absolute Gasteiger partial charge is 0.475 e. The minimum Gasteiger partial charge on any atom is -0.475 e. The molecule has 0 saturated heterocycles. The van der Waals surface area contributed by atoms with Crippen molar-refractivity contribution >= 4 is 61.6 Å². The van der Waals surface area contributed by atoms with Gasteiger partial charge < -0.3 is 25.2 Å². The summed E-state index contributed by atoms with van der Waals surface area (Å²) in [6, 6.07) is 23.7. The zero-order valence-electron chi connectivity index (χ0n) is 27.2. The van der Waals surface area contributed by atoms with Crippen molar-refractivity contribution in [2.45, 2.75) is 38.1 Å². The Balaban J connectivity index is 0.000000671. The molecule has 0 unspecified atom stereocenters. The van der Waals surface area contributed by atoms with Gasteiger partial charge in [0.05, 0.1) is 16.8 Å². The Hall–Kier alpha value is -5.18. The number of aryl methyl sites for hydroxylation is 1. The van der Waals surface area contributed by atoms with E-state index in [4.69, 9.17) is 14.9 Å². The van der Waals surface area contributed by atoms with Gasteiger partial charge in [0.1, 0.15) is 5.82 Å². The van der Waals surface area contributed by atoms with Crippen LogP contribution in [0.4, 0.5) is 47.9 Å². The quantitative estimate of drug-likeness (QED) is 0.155. The standard InChI is InChI=1S/C31H35N7O2S.C2HF3O2/c1-31(2,3)22-9-13-24(14-10-22)34-30-35-26-19-25(15-16-27(26)38(30)5)37(4)28-17-18-32-29(36-28)33-23-11-7-21(8-12-23)20-41(6,39)40;3-2(4,5)1(6)7/h7-19H,20H2,1-6H3,(H,34,35)(H,32,33,36);(H,6,7). The molecule has 0 aliphatic heterocycles. The summed E-state index contributed by atoms with van der Waals surface area (Å²) in [4.78, 5) is 24.8. The molecule has 254 valence electrons. The summed E-state index contributed by atoms with van der Waals surface area (Å²) in [7, 11) is 0.865. The molecule has 2 aromatic heterocycles. The summed E-state index contributed by atoms with van der Waals surface area (Å²) in [5.41, 5.74) is 6.69. The van der Waals surface area contributed by atoms with Gasteiger partial charge in [0, 0.05) is 43.6 Å². The lowest BCUT2D eigenvalue weighted by molar-refractivity contribution is -0.192. The number of imidazole rings is 1. The molecule has 15 heteroatoms. The summed E-state index contributed by atoms with van der Waals surface area (Å²) in [5, 5.41) is 13.8. The van der Waals surface area contributed by atoms with Gasteiger partial charge in [0.15, 0.2) is 9.84 Å². The van der Waals surface area contributed by atoms with Crippen molar-refractivity contribution in [2.24, 2.45) is 7.05 Å². The molecule has 0 spiro atoms. The highest BCUT2D eigenvalue weighted by Crippen LogP contribution is 2.30. The van der Waals surface area contributed by atoms with E-state index < -0.39 is 22.0 Å². The van der Waals surface area contributed by atoms with Crippen LogP contribution in [0.2, 0.25) is 0 Å². The first-order chi connectivity index (χ1) is 22.3. The van der Waals surface area contributed by atoms with Gasteiger partial charge in [0.2, 0.25) is 11.9 Å². The molecular formula is C33H36F3N7O4S. The molecule has 0 fully saturated rings. The Morgan fingerprint density at radius 2 is 1.50 bits per heavy atom. The molecule has 5 aromatic rings. The fourth-order valence-electron chi connectivity index (χ4n) is 4.54. The number of hydrogen-bond acceptors (Lipinski definition) is 9. The van der Waals surface area contributed by atoms with Crippen LogP contribution in [0.5, 0.6) is 0 Å². The van der Waals surface area contributed by atoms with Crippen LogP contribution in [0.3, 0.4) is 0 Å². The highest BCUT2D eigenvalue weighted by atomic mass is 32.2. The van der Waals surface area contributed by atoms with E-state index in [1.165, 1.54) is 11.8 Å². The number of nitrogens with one attached hydrogen (secondary N) is 2. The number of anilines is 6. The Kier molecular flexibility index (Phi) is 10.3. The second kappa shape index (κ2) is 13.9. The van der Waals surface area contributed by atoms with Gasteiger partial charge in [-0.2, -0.15) is 18.2 Å². The lowest BCUT2D eigenvalue weighted by Gasteiger charge is -2.19. The number of rotatable bonds is 8. The predicted octanol–water partition coefficient (Wildman–Crippen LogP) is 7.09. The number of halogens is 3. The Bertz CT molecular complexity index is 2010. The first kappa shape index (κ1) is 35.7. The van der Waals surface area contributed by atoms with Crippen molar-refractivity contribution in [3.8, 4) is 0 Å². The zero-order chi connectivity index (χ0) is 35.4. The van der Waals surface area contributed by atoms with Crippen LogP contribution in [0.1, 0.15) is 31.9 Å². The van der Waals surface area contributed by atoms with Crippen molar-refractivity contribution < 1.29 is 31.5 Å². The molecule has 3 N–H and O–H groups in total. The van der Waals surface area contributed by atoms with Gasteiger partial charge in [0.25, 0.3) is 0 Å². The van der Waals surface area contributed by atoms with Crippen molar-refractivity contribution in [3.05, 3.63) is 90.1 Å². The third kappa shape index (κ3) is 9.44. The molecule has 48 heavy (non-hydrogen) atoms. The number of alkyl halides is 3. The van der Waals surface area contributed by atoms with Crippen LogP contribution >= 0.6 is 0 Å². The van der Waals surface area contributed by atoms with Gasteiger partial charge >= 0.3 is 12.1 Å². The van der Waals surface area contributed by atoms with Crippen molar-refractivity contribution in [3.63, 3.8) is 0 Å². The summed E-state index contributed by atoms with van der Waals surface area (Å²) in [5.74, 6) is -0.837. The first-order valence-corrected chi connectivity index (χ1v) is 16.6. The monoisotopic (exact) mass is 683 g/mol. The number of nitrogens with zero attached hydrogens (tertiary/aromatic N) is 5. The number of hydrogen-bond donors (Lipinski definition) is 3. The summed E-state index contributed by atoms with van der Waals surface area (Å²) in [6.45, 7) is 6.62. The van der Waals surface area contributed by atoms with E-state index >= 15 is 0 Å². The van der Waals surface area contributed by atoms with Gasteiger partial charge in [-0.1, -0.05) is 45.0 Å². The highest BCUT2D eigenvalue weighted by molar-refractivity contribution is 7.89. The van der Waals surface area contributed by atoms with Crippen LogP contribution in [0.15, 0.2) is 79.0 Å². The minimum absolute atomic E-state index is 0.00672. The molecule has 11 nitrogen and oxygen atoms in total. The molecule has 2 heterocycles. The number of sulfone groups is 1. The Morgan fingerprint density at radius 1 is 0.917 bits per heavy atom. The lowest BCUT2D eigenvalue weighted by Crippen LogP contribution is -2.21. The molecule has 0 atom stereocenters. The molecule has 0 amide bonds. The first-order valence-electron chi connectivity index (χ1n) is 14.5. The lowest BCUT2D eigenvalue weighted by atomic mass is 9.87. The van der Waals surface area contributed by atoms with Gasteiger partial charge in [-0.25, -0.2) is 23.2 Å². The maximum atomic E-state index is 11.5. The van der Waals surface area contributed by atoms with Crippen LogP contribution < -0.4 is 15.5 Å². The molecule has 0 saturated carbocycles. The molecule has 0 aliphatic rings. The predicted molar refractivity (Wildman–Crippen MR) is 181 cm³/mol. The van der Waals surface area contributed by atoms with E-state index in [1.54, 1.807) is 18.3 Å². The van der Waals surface area contributed by atoms with Gasteiger partial charge in [-0.05, 0) is 65.1 Å². The maximum absolute atomic E-state index is 11.5. The summed E-state index contributed by atoms with van der Waals surface area (Å²) >= 11 is 0. The SMILES string of the molecule is CN(c1ccc2c(c1)nc(Nc1ccc(C(C)(C)C)cc1)n2C)c1ccnc(Nc2ccc(CS(C)(=O)=O)cc2)n1.O=C(O)C(F)(F)F. The molecule has 3 aromatic carbocycles. The number of carbonyl (C=O) groups is 1. The number of aliphatic carboxylic acids is 1. The van der Waals surface area contributed by atoms with Crippen molar-refractivity contribution in [1.82, 2.24) is 19.5 Å². The van der Waals surface area contributed by atoms with Crippen molar-refractivity contribution in [1.29, 1.82) is 0 Å². The number of carboxylic acid groups (broad SMARTS) is 1. The van der Waals surface area contributed by atoms with E-state index in [1.807, 2.05) is 53.9 Å². The average molecular weight is 684 g/mol. The summed E-state index contributed by atoms with van der Waals surface area (Å²) < 4.78 is 56.9. The second-order valence-electron chi connectivity index (χ2n) is 12.1. The molecule has 0 radical (unpaired) electrons. The summed E-state index contributed by atoms with van der Waals surface area (Å²) in [6.07, 6.45) is -2.16. The van der Waals surface area contributed by atoms with Crippen LogP contribution in [-0.4, -0.2) is 58.5 Å². The van der Waals surface area contributed by atoms with Gasteiger partial charge in [-0.3, -0.25) is 0 Å². The number of aromatic nitrogens is 4. The van der Waals surface area contributed by atoms with E-state index in [0.29, 0.717) is 11.8 Å². The zero-order valence-corrected chi connectivity index (χ0v) is 28.0. The number of carboxylic acids is 1. The normalized spacial score (nSPS) is 11.9. The van der Waals surface area contributed by atoms with Crippen LogP contribution in [-0.2, 0) is 32.8 Å². The van der Waals surface area contributed by atoms with Crippen LogP contribution in [0, 0.1) is 0 Å². The van der Waals surface area contributed by atoms with E-state index in [9.17, 15) is 21.6 Å². The third-order valence-corrected chi connectivity index (χ3v) is 7.98. The average Bonchev–Trinajstić information content (AvgIpc) is 3.30. The van der Waals surface area contributed by atoms with Gasteiger partial charge in [-0.15, -0.1) is 0 Å². The second-order valence-corrected chi connectivity index (χ2v) is 14.3. The molecule has 5 rings (SSSR count). The highest BCUT2D eigenvalue weighted by Gasteiger charge is 2.38. The minimum atomic E-state index is -5.08. The molecule has 0 aliphatic carbocycles. The number of benzene rings is 3. The maximum Gasteiger partial charge on any atom is 0.490 e. The van der Waals surface area contributed by atoms with Crippen molar-refractivity contribution in [2.75, 3.05) is 28.8 Å². The number of fused-ring (bicyclic) bond motifs is 1. The molecule has 0 bridgehead atoms. The third-order valence-electron chi connectivity index (χ3n) is 7.12.